The van der Waals surface area contributed by atoms with Gasteiger partial charge in [-0.25, -0.2) is 13.5 Å². The van der Waals surface area contributed by atoms with Crippen LogP contribution in [0.15, 0.2) is 41.8 Å². The van der Waals surface area contributed by atoms with E-state index in [0.717, 1.165) is 12.1 Å². The summed E-state index contributed by atoms with van der Waals surface area (Å²) >= 11 is 1.31. The average Bonchev–Trinajstić information content (AvgIpc) is 3.09. The second kappa shape index (κ2) is 5.69. The molecule has 0 unspecified atom stereocenters. The Hall–Kier alpha value is -2.54. The fraction of sp³-hybridized carbons (Fsp3) is 0.0667. The highest BCUT2D eigenvalue weighted by molar-refractivity contribution is 7.12. The minimum absolute atomic E-state index is 0.121. The van der Waals surface area contributed by atoms with E-state index in [4.69, 9.17) is 0 Å². The van der Waals surface area contributed by atoms with Crippen LogP contribution in [0.3, 0.4) is 0 Å². The van der Waals surface area contributed by atoms with Gasteiger partial charge in [0.1, 0.15) is 11.5 Å². The third kappa shape index (κ3) is 2.75. The van der Waals surface area contributed by atoms with Crippen LogP contribution in [0.4, 0.5) is 14.6 Å². The molecule has 7 heteroatoms. The highest BCUT2D eigenvalue weighted by Gasteiger charge is 2.14. The topological polar surface area (TPSA) is 46.9 Å². The second-order valence-corrected chi connectivity index (χ2v) is 5.56. The van der Waals surface area contributed by atoms with E-state index in [1.807, 2.05) is 0 Å². The smallest absolute Gasteiger partial charge is 0.266 e. The summed E-state index contributed by atoms with van der Waals surface area (Å²) in [5, 5.41) is 8.59. The fourth-order valence-corrected chi connectivity index (χ4v) is 2.64. The third-order valence-corrected chi connectivity index (χ3v) is 3.88. The first-order valence-electron chi connectivity index (χ1n) is 6.41. The lowest BCUT2D eigenvalue weighted by Crippen LogP contribution is -2.11. The maximum Gasteiger partial charge on any atom is 0.266 e. The molecule has 0 radical (unpaired) electrons. The number of halogens is 2. The number of thiophene rings is 1. The summed E-state index contributed by atoms with van der Waals surface area (Å²) in [7, 11) is 0. The Bertz CT molecular complexity index is 827. The Labute approximate surface area is 129 Å². The number of benzene rings is 1. The molecular weight excluding hydrogens is 308 g/mol. The van der Waals surface area contributed by atoms with Gasteiger partial charge in [0.2, 0.25) is 0 Å². The minimum atomic E-state index is -0.720. The van der Waals surface area contributed by atoms with Gasteiger partial charge in [0, 0.05) is 17.8 Å². The van der Waals surface area contributed by atoms with Crippen LogP contribution in [0, 0.1) is 18.6 Å². The zero-order valence-corrected chi connectivity index (χ0v) is 12.3. The van der Waals surface area contributed by atoms with E-state index >= 15 is 0 Å². The first-order chi connectivity index (χ1) is 10.5. The molecule has 0 saturated heterocycles. The normalized spacial score (nSPS) is 10.7. The standard InChI is InChI=1S/C15H11F2N3OS/c1-9-7-14(18-15(21)13-3-2-6-22-13)19-20(9)12-5-4-10(16)8-11(12)17/h2-8H,1H3,(H,18,19,21). The molecular formula is C15H11F2N3OS. The molecule has 3 aromatic rings. The van der Waals surface area contributed by atoms with Crippen molar-refractivity contribution in [1.29, 1.82) is 0 Å². The monoisotopic (exact) mass is 319 g/mol. The molecule has 0 bridgehead atoms. The van der Waals surface area contributed by atoms with E-state index in [1.165, 1.54) is 22.1 Å². The van der Waals surface area contributed by atoms with Gasteiger partial charge in [-0.2, -0.15) is 0 Å². The number of aromatic nitrogens is 2. The Morgan fingerprint density at radius 1 is 1.27 bits per heavy atom. The highest BCUT2D eigenvalue weighted by atomic mass is 32.1. The van der Waals surface area contributed by atoms with Gasteiger partial charge in [0.15, 0.2) is 11.6 Å². The largest absolute Gasteiger partial charge is 0.304 e. The summed E-state index contributed by atoms with van der Waals surface area (Å²) in [5.41, 5.74) is 0.738. The Kier molecular flexibility index (Phi) is 3.72. The number of aryl methyl sites for hydroxylation is 1. The number of amides is 1. The maximum absolute atomic E-state index is 13.8. The van der Waals surface area contributed by atoms with Gasteiger partial charge >= 0.3 is 0 Å². The molecule has 0 aliphatic carbocycles. The quantitative estimate of drug-likeness (QED) is 0.799. The van der Waals surface area contributed by atoms with Gasteiger partial charge in [-0.3, -0.25) is 4.79 Å². The van der Waals surface area contributed by atoms with E-state index in [0.29, 0.717) is 16.4 Å². The van der Waals surface area contributed by atoms with Crippen LogP contribution in [-0.2, 0) is 0 Å². The summed E-state index contributed by atoms with van der Waals surface area (Å²) in [4.78, 5) is 12.5. The number of hydrogen-bond acceptors (Lipinski definition) is 3. The molecule has 0 spiro atoms. The fourth-order valence-electron chi connectivity index (χ4n) is 2.02. The number of anilines is 1. The van der Waals surface area contributed by atoms with Crippen LogP contribution in [0.1, 0.15) is 15.4 Å². The van der Waals surface area contributed by atoms with Crippen molar-refractivity contribution in [2.24, 2.45) is 0 Å². The van der Waals surface area contributed by atoms with E-state index in [2.05, 4.69) is 10.4 Å². The van der Waals surface area contributed by atoms with Gasteiger partial charge in [-0.15, -0.1) is 16.4 Å². The van der Waals surface area contributed by atoms with E-state index in [9.17, 15) is 13.6 Å². The molecule has 0 aliphatic rings. The number of nitrogens with zero attached hydrogens (tertiary/aromatic N) is 2. The number of carbonyl (C=O) groups excluding carboxylic acids is 1. The molecule has 22 heavy (non-hydrogen) atoms. The van der Waals surface area contributed by atoms with Crippen molar-refractivity contribution in [3.63, 3.8) is 0 Å². The van der Waals surface area contributed by atoms with Crippen LogP contribution in [-0.4, -0.2) is 15.7 Å². The average molecular weight is 319 g/mol. The van der Waals surface area contributed by atoms with Crippen LogP contribution in [0.2, 0.25) is 0 Å². The van der Waals surface area contributed by atoms with Crippen molar-refractivity contribution < 1.29 is 13.6 Å². The summed E-state index contributed by atoms with van der Waals surface area (Å²) < 4.78 is 28.1. The van der Waals surface area contributed by atoms with Crippen LogP contribution in [0.5, 0.6) is 0 Å². The van der Waals surface area contributed by atoms with E-state index < -0.39 is 11.6 Å². The molecule has 2 aromatic heterocycles. The molecule has 0 fully saturated rings. The molecule has 0 atom stereocenters. The second-order valence-electron chi connectivity index (χ2n) is 4.61. The Morgan fingerprint density at radius 2 is 2.09 bits per heavy atom. The third-order valence-electron chi connectivity index (χ3n) is 3.01. The van der Waals surface area contributed by atoms with E-state index in [-0.39, 0.29) is 11.6 Å². The molecule has 0 saturated carbocycles. The number of carbonyl (C=O) groups is 1. The van der Waals surface area contributed by atoms with Crippen LogP contribution in [0.25, 0.3) is 5.69 Å². The zero-order chi connectivity index (χ0) is 15.7. The van der Waals surface area contributed by atoms with Crippen LogP contribution < -0.4 is 5.32 Å². The molecule has 112 valence electrons. The number of nitrogens with one attached hydrogen (secondary N) is 1. The predicted octanol–water partition coefficient (Wildman–Crippen LogP) is 3.77. The van der Waals surface area contributed by atoms with Crippen molar-refractivity contribution >= 4 is 23.1 Å². The van der Waals surface area contributed by atoms with Gasteiger partial charge in [0.05, 0.1) is 4.88 Å². The molecule has 3 rings (SSSR count). The van der Waals surface area contributed by atoms with Crippen molar-refractivity contribution in [3.8, 4) is 5.69 Å². The van der Waals surface area contributed by atoms with E-state index in [1.54, 1.807) is 30.5 Å². The van der Waals surface area contributed by atoms with Crippen molar-refractivity contribution in [3.05, 3.63) is 64.0 Å². The lowest BCUT2D eigenvalue weighted by molar-refractivity contribution is 0.103. The highest BCUT2D eigenvalue weighted by Crippen LogP contribution is 2.19. The van der Waals surface area contributed by atoms with Gasteiger partial charge in [0.25, 0.3) is 5.91 Å². The molecule has 2 heterocycles. The Balaban J connectivity index is 1.89. The molecule has 0 aliphatic heterocycles. The SMILES string of the molecule is Cc1cc(NC(=O)c2cccs2)nn1-c1ccc(F)cc1F. The van der Waals surface area contributed by atoms with Gasteiger partial charge < -0.3 is 5.32 Å². The van der Waals surface area contributed by atoms with Crippen molar-refractivity contribution in [2.45, 2.75) is 6.92 Å². The summed E-state index contributed by atoms with van der Waals surface area (Å²) in [5.74, 6) is -1.35. The van der Waals surface area contributed by atoms with Crippen molar-refractivity contribution in [1.82, 2.24) is 9.78 Å². The minimum Gasteiger partial charge on any atom is -0.304 e. The number of rotatable bonds is 3. The number of hydrogen-bond donors (Lipinski definition) is 1. The molecule has 1 N–H and O–H groups in total. The molecule has 1 aromatic carbocycles. The van der Waals surface area contributed by atoms with Gasteiger partial charge in [-0.05, 0) is 30.5 Å². The lowest BCUT2D eigenvalue weighted by atomic mass is 10.3. The van der Waals surface area contributed by atoms with Crippen molar-refractivity contribution in [2.75, 3.05) is 5.32 Å². The Morgan fingerprint density at radius 3 is 2.77 bits per heavy atom. The lowest BCUT2D eigenvalue weighted by Gasteiger charge is -2.05. The van der Waals surface area contributed by atoms with Crippen LogP contribution >= 0.6 is 11.3 Å². The van der Waals surface area contributed by atoms with Gasteiger partial charge in [-0.1, -0.05) is 6.07 Å². The molecule has 1 amide bonds. The summed E-state index contributed by atoms with van der Waals surface area (Å²) in [6, 6.07) is 8.34. The summed E-state index contributed by atoms with van der Waals surface area (Å²) in [6.07, 6.45) is 0. The summed E-state index contributed by atoms with van der Waals surface area (Å²) in [6.45, 7) is 1.72. The predicted molar refractivity (Wildman–Crippen MR) is 80.5 cm³/mol. The maximum atomic E-state index is 13.8. The zero-order valence-electron chi connectivity index (χ0n) is 11.5. The first-order valence-corrected chi connectivity index (χ1v) is 7.29. The first kappa shape index (κ1) is 14.4. The molecule has 4 nitrogen and oxygen atoms in total.